The van der Waals surface area contributed by atoms with E-state index < -0.39 is 5.97 Å². The van der Waals surface area contributed by atoms with Gasteiger partial charge in [-0.05, 0) is 41.1 Å². The lowest BCUT2D eigenvalue weighted by Crippen LogP contribution is -1.99. The largest absolute Gasteiger partial charge is 0.484 e. The second kappa shape index (κ2) is 5.22. The molecule has 0 aliphatic rings. The molecule has 0 fully saturated rings. The van der Waals surface area contributed by atoms with Crippen molar-refractivity contribution in [2.24, 2.45) is 0 Å². The quantitative estimate of drug-likeness (QED) is 0.939. The van der Waals surface area contributed by atoms with Crippen LogP contribution in [0, 0.1) is 6.92 Å². The first-order valence-electron chi connectivity index (χ1n) is 5.14. The molecule has 0 radical (unpaired) electrons. The maximum absolute atomic E-state index is 10.8. The van der Waals surface area contributed by atoms with Gasteiger partial charge in [0.25, 0.3) is 0 Å². The molecule has 2 aromatic rings. The van der Waals surface area contributed by atoms with Gasteiger partial charge in [0.1, 0.15) is 12.4 Å². The molecule has 0 spiro atoms. The van der Waals surface area contributed by atoms with Crippen LogP contribution in [0.1, 0.15) is 21.8 Å². The molecule has 1 heterocycles. The van der Waals surface area contributed by atoms with Crippen molar-refractivity contribution in [2.45, 2.75) is 13.5 Å². The van der Waals surface area contributed by atoms with Crippen LogP contribution in [0.4, 0.5) is 0 Å². The van der Waals surface area contributed by atoms with Crippen molar-refractivity contribution in [2.75, 3.05) is 0 Å². The first kappa shape index (κ1) is 12.6. The Bertz CT molecular complexity index is 579. The molecule has 0 amide bonds. The highest BCUT2D eigenvalue weighted by molar-refractivity contribution is 9.10. The summed E-state index contributed by atoms with van der Waals surface area (Å²) in [5.41, 5.74) is 0.939. The molecular formula is C12H10BrNO4. The van der Waals surface area contributed by atoms with Crippen LogP contribution in [-0.4, -0.2) is 16.2 Å². The molecule has 94 valence electrons. The number of benzene rings is 1. The SMILES string of the molecule is Cc1cc(COc2cc(C(=O)O)ccc2Br)on1. The predicted molar refractivity (Wildman–Crippen MR) is 66.7 cm³/mol. The summed E-state index contributed by atoms with van der Waals surface area (Å²) < 4.78 is 11.2. The van der Waals surface area contributed by atoms with Gasteiger partial charge in [0, 0.05) is 6.07 Å². The summed E-state index contributed by atoms with van der Waals surface area (Å²) in [5, 5.41) is 12.6. The van der Waals surface area contributed by atoms with Crippen molar-refractivity contribution in [3.63, 3.8) is 0 Å². The van der Waals surface area contributed by atoms with E-state index in [4.69, 9.17) is 14.4 Å². The van der Waals surface area contributed by atoms with Gasteiger partial charge in [-0.3, -0.25) is 0 Å². The van der Waals surface area contributed by atoms with Crippen molar-refractivity contribution >= 4 is 21.9 Å². The Hall–Kier alpha value is -1.82. The van der Waals surface area contributed by atoms with Gasteiger partial charge < -0.3 is 14.4 Å². The Morgan fingerprint density at radius 1 is 1.50 bits per heavy atom. The molecule has 0 bridgehead atoms. The lowest BCUT2D eigenvalue weighted by Gasteiger charge is -2.07. The number of nitrogens with zero attached hydrogens (tertiary/aromatic N) is 1. The maximum Gasteiger partial charge on any atom is 0.335 e. The minimum absolute atomic E-state index is 0.168. The fraction of sp³-hybridized carbons (Fsp3) is 0.167. The second-order valence-corrected chi connectivity index (χ2v) is 4.53. The summed E-state index contributed by atoms with van der Waals surface area (Å²) in [7, 11) is 0. The number of hydrogen-bond donors (Lipinski definition) is 1. The summed E-state index contributed by atoms with van der Waals surface area (Å²) in [6.07, 6.45) is 0. The number of aromatic nitrogens is 1. The van der Waals surface area contributed by atoms with E-state index in [1.807, 2.05) is 6.92 Å². The molecule has 18 heavy (non-hydrogen) atoms. The smallest absolute Gasteiger partial charge is 0.335 e. The van der Waals surface area contributed by atoms with Gasteiger partial charge in [-0.25, -0.2) is 4.79 Å². The predicted octanol–water partition coefficient (Wildman–Crippen LogP) is 3.02. The molecule has 0 atom stereocenters. The van der Waals surface area contributed by atoms with Crippen LogP contribution in [0.5, 0.6) is 5.75 Å². The molecule has 1 N–H and O–H groups in total. The zero-order chi connectivity index (χ0) is 13.1. The highest BCUT2D eigenvalue weighted by Crippen LogP contribution is 2.27. The number of aryl methyl sites for hydroxylation is 1. The molecule has 0 aliphatic heterocycles. The Labute approximate surface area is 111 Å². The molecule has 0 unspecified atom stereocenters. The molecule has 2 rings (SSSR count). The van der Waals surface area contributed by atoms with Crippen LogP contribution in [0.25, 0.3) is 0 Å². The number of carboxylic acid groups (broad SMARTS) is 1. The van der Waals surface area contributed by atoms with Gasteiger partial charge in [-0.1, -0.05) is 5.16 Å². The zero-order valence-electron chi connectivity index (χ0n) is 9.51. The molecule has 0 aliphatic carbocycles. The van der Waals surface area contributed by atoms with E-state index in [-0.39, 0.29) is 12.2 Å². The summed E-state index contributed by atoms with van der Waals surface area (Å²) in [6, 6.07) is 6.34. The summed E-state index contributed by atoms with van der Waals surface area (Å²) in [5.74, 6) is 0.0342. The van der Waals surface area contributed by atoms with Crippen LogP contribution in [0.3, 0.4) is 0 Å². The van der Waals surface area contributed by atoms with Crippen molar-refractivity contribution in [3.05, 3.63) is 45.8 Å². The summed E-state index contributed by atoms with van der Waals surface area (Å²) >= 11 is 3.29. The third-order valence-corrected chi connectivity index (χ3v) is 2.88. The van der Waals surface area contributed by atoms with Gasteiger partial charge in [0.2, 0.25) is 0 Å². The number of carboxylic acids is 1. The van der Waals surface area contributed by atoms with Crippen LogP contribution in [-0.2, 0) is 6.61 Å². The van der Waals surface area contributed by atoms with E-state index in [1.54, 1.807) is 12.1 Å². The zero-order valence-corrected chi connectivity index (χ0v) is 11.1. The normalized spacial score (nSPS) is 10.3. The average Bonchev–Trinajstić information content (AvgIpc) is 2.74. The fourth-order valence-electron chi connectivity index (χ4n) is 1.38. The van der Waals surface area contributed by atoms with E-state index in [0.717, 1.165) is 5.69 Å². The summed E-state index contributed by atoms with van der Waals surface area (Å²) in [4.78, 5) is 10.8. The lowest BCUT2D eigenvalue weighted by molar-refractivity contribution is 0.0696. The minimum Gasteiger partial charge on any atom is -0.484 e. The molecule has 0 saturated carbocycles. The average molecular weight is 312 g/mol. The van der Waals surface area contributed by atoms with Crippen molar-refractivity contribution in [1.29, 1.82) is 0 Å². The highest BCUT2D eigenvalue weighted by Gasteiger charge is 2.09. The van der Waals surface area contributed by atoms with Crippen LogP contribution < -0.4 is 4.74 Å². The second-order valence-electron chi connectivity index (χ2n) is 3.67. The van der Waals surface area contributed by atoms with Crippen molar-refractivity contribution < 1.29 is 19.2 Å². The van der Waals surface area contributed by atoms with E-state index >= 15 is 0 Å². The van der Waals surface area contributed by atoms with Gasteiger partial charge in [0.15, 0.2) is 5.76 Å². The molecule has 5 nitrogen and oxygen atoms in total. The van der Waals surface area contributed by atoms with E-state index in [1.165, 1.54) is 12.1 Å². The van der Waals surface area contributed by atoms with Crippen molar-refractivity contribution in [3.8, 4) is 5.75 Å². The van der Waals surface area contributed by atoms with Gasteiger partial charge in [0.05, 0.1) is 15.7 Å². The van der Waals surface area contributed by atoms with Gasteiger partial charge >= 0.3 is 5.97 Å². The Morgan fingerprint density at radius 2 is 2.28 bits per heavy atom. The first-order valence-corrected chi connectivity index (χ1v) is 5.93. The third kappa shape index (κ3) is 2.89. The van der Waals surface area contributed by atoms with Gasteiger partial charge in [-0.2, -0.15) is 0 Å². The Kier molecular flexibility index (Phi) is 3.66. The number of aromatic carboxylic acids is 1. The van der Waals surface area contributed by atoms with E-state index in [9.17, 15) is 4.79 Å². The molecular weight excluding hydrogens is 302 g/mol. The maximum atomic E-state index is 10.8. The molecule has 1 aromatic heterocycles. The van der Waals surface area contributed by atoms with Crippen LogP contribution in [0.15, 0.2) is 33.3 Å². The minimum atomic E-state index is -0.997. The first-order chi connectivity index (χ1) is 8.56. The third-order valence-electron chi connectivity index (χ3n) is 2.22. The Morgan fingerprint density at radius 3 is 2.89 bits per heavy atom. The fourth-order valence-corrected chi connectivity index (χ4v) is 1.74. The lowest BCUT2D eigenvalue weighted by atomic mass is 10.2. The topological polar surface area (TPSA) is 72.6 Å². The number of hydrogen-bond acceptors (Lipinski definition) is 4. The van der Waals surface area contributed by atoms with E-state index in [0.29, 0.717) is 16.0 Å². The van der Waals surface area contributed by atoms with Gasteiger partial charge in [-0.15, -0.1) is 0 Å². The van der Waals surface area contributed by atoms with E-state index in [2.05, 4.69) is 21.1 Å². The monoisotopic (exact) mass is 311 g/mol. The number of halogens is 1. The number of carbonyl (C=O) groups is 1. The number of rotatable bonds is 4. The molecule has 6 heteroatoms. The Balaban J connectivity index is 2.13. The van der Waals surface area contributed by atoms with Crippen molar-refractivity contribution in [1.82, 2.24) is 5.16 Å². The molecule has 0 saturated heterocycles. The standard InChI is InChI=1S/C12H10BrNO4/c1-7-4-9(18-14-7)6-17-11-5-8(12(15)16)2-3-10(11)13/h2-5H,6H2,1H3,(H,15,16). The van der Waals surface area contributed by atoms with Crippen LogP contribution in [0.2, 0.25) is 0 Å². The highest BCUT2D eigenvalue weighted by atomic mass is 79.9. The summed E-state index contributed by atoms with van der Waals surface area (Å²) in [6.45, 7) is 2.01. The van der Waals surface area contributed by atoms with Crippen LogP contribution >= 0.6 is 15.9 Å². The number of ether oxygens (including phenoxy) is 1. The molecule has 1 aromatic carbocycles.